The molecule has 0 spiro atoms. The highest BCUT2D eigenvalue weighted by atomic mass is 19.1. The summed E-state index contributed by atoms with van der Waals surface area (Å²) < 4.78 is 23.0. The Morgan fingerprint density at radius 2 is 2.00 bits per heavy atom. The van der Waals surface area contributed by atoms with E-state index in [1.807, 2.05) is 19.1 Å². The summed E-state index contributed by atoms with van der Waals surface area (Å²) >= 11 is 0. The largest absolute Gasteiger partial charge is 0.482 e. The van der Waals surface area contributed by atoms with Crippen molar-refractivity contribution in [1.29, 1.82) is 0 Å². The Hall–Kier alpha value is -3.74. The van der Waals surface area contributed by atoms with Crippen LogP contribution in [0.2, 0.25) is 0 Å². The number of anilines is 1. The number of pyridine rings is 2. The molecule has 7 heteroatoms. The molecule has 5 heterocycles. The van der Waals surface area contributed by atoms with Gasteiger partial charge in [-0.15, -0.1) is 0 Å². The fourth-order valence-corrected chi connectivity index (χ4v) is 5.32. The maximum absolute atomic E-state index is 14.4. The Kier molecular flexibility index (Phi) is 4.69. The molecule has 0 saturated heterocycles. The first-order chi connectivity index (χ1) is 16.4. The summed E-state index contributed by atoms with van der Waals surface area (Å²) in [4.78, 5) is 14.3. The Morgan fingerprint density at radius 3 is 2.82 bits per heavy atom. The van der Waals surface area contributed by atoms with Crippen LogP contribution < -0.4 is 10.5 Å². The van der Waals surface area contributed by atoms with E-state index in [0.717, 1.165) is 58.0 Å². The first-order valence-electron chi connectivity index (χ1n) is 11.7. The van der Waals surface area contributed by atoms with Gasteiger partial charge in [0.05, 0.1) is 23.1 Å². The summed E-state index contributed by atoms with van der Waals surface area (Å²) in [5.74, 6) is 1.75. The maximum Gasteiger partial charge on any atom is 0.166 e. The number of nitrogen functional groups attached to an aromatic ring is 1. The molecule has 0 saturated carbocycles. The predicted octanol–water partition coefficient (Wildman–Crippen LogP) is 5.84. The summed E-state index contributed by atoms with van der Waals surface area (Å²) in [6.45, 7) is 6.21. The van der Waals surface area contributed by atoms with Crippen LogP contribution in [0, 0.1) is 5.82 Å². The number of nitrogens with two attached hydrogens (primary N) is 1. The third-order valence-corrected chi connectivity index (χ3v) is 6.87. The molecule has 2 bridgehead atoms. The molecule has 0 radical (unpaired) electrons. The van der Waals surface area contributed by atoms with Gasteiger partial charge in [-0.05, 0) is 49.6 Å². The zero-order valence-corrected chi connectivity index (χ0v) is 19.4. The van der Waals surface area contributed by atoms with Crippen molar-refractivity contribution in [2.24, 2.45) is 0 Å². The molecule has 0 fully saturated rings. The lowest BCUT2D eigenvalue weighted by molar-refractivity contribution is 0.227. The van der Waals surface area contributed by atoms with Crippen LogP contribution in [0.25, 0.3) is 22.5 Å². The number of hydrogen-bond acceptors (Lipinski definition) is 5. The summed E-state index contributed by atoms with van der Waals surface area (Å²) in [6, 6.07) is 10.9. The van der Waals surface area contributed by atoms with E-state index in [0.29, 0.717) is 11.6 Å². The number of imidazole rings is 1. The van der Waals surface area contributed by atoms with Crippen LogP contribution in [0.4, 0.5) is 10.2 Å². The van der Waals surface area contributed by atoms with Crippen molar-refractivity contribution in [1.82, 2.24) is 19.5 Å². The van der Waals surface area contributed by atoms with Gasteiger partial charge in [-0.1, -0.05) is 19.9 Å². The third-order valence-electron chi connectivity index (χ3n) is 6.87. The minimum absolute atomic E-state index is 0.0586. The first kappa shape index (κ1) is 20.8. The molecule has 1 aromatic carbocycles. The van der Waals surface area contributed by atoms with Crippen LogP contribution in [0.3, 0.4) is 0 Å². The maximum atomic E-state index is 14.4. The number of benzene rings is 1. The molecule has 6 nitrogen and oxygen atoms in total. The molecule has 0 aliphatic carbocycles. The van der Waals surface area contributed by atoms with E-state index in [1.54, 1.807) is 18.5 Å². The standard InChI is InChI=1S/C27H26FN5O/c1-14(2)24-26-16-11-22(27(29)31-13-16)34-15(3)20-12-17(28)6-7-18(20)25-19(5-4-10-30-25)21-8-9-23(32-24)33(21)26/h4-7,10-15,21H,8-9H2,1-3H3,(H2,29,31)/t15-,21?/m1/s1. The zero-order chi connectivity index (χ0) is 23.6. The molecule has 6 rings (SSSR count). The molecule has 172 valence electrons. The lowest BCUT2D eigenvalue weighted by Gasteiger charge is -2.25. The van der Waals surface area contributed by atoms with Crippen molar-refractivity contribution < 1.29 is 9.13 Å². The molecule has 34 heavy (non-hydrogen) atoms. The van der Waals surface area contributed by atoms with E-state index in [1.165, 1.54) is 12.1 Å². The van der Waals surface area contributed by atoms with Crippen LogP contribution in [-0.2, 0) is 6.42 Å². The second kappa shape index (κ2) is 7.65. The van der Waals surface area contributed by atoms with E-state index in [2.05, 4.69) is 29.5 Å². The van der Waals surface area contributed by atoms with Gasteiger partial charge >= 0.3 is 0 Å². The highest BCUT2D eigenvalue weighted by Gasteiger charge is 2.34. The average Bonchev–Trinajstić information content (AvgIpc) is 3.40. The second-order valence-corrected chi connectivity index (χ2v) is 9.38. The average molecular weight is 456 g/mol. The summed E-state index contributed by atoms with van der Waals surface area (Å²) in [5.41, 5.74) is 12.7. The molecule has 2 N–H and O–H groups in total. The van der Waals surface area contributed by atoms with Crippen molar-refractivity contribution in [2.75, 3.05) is 5.73 Å². The van der Waals surface area contributed by atoms with Gasteiger partial charge in [0.25, 0.3) is 0 Å². The molecule has 2 aliphatic rings. The van der Waals surface area contributed by atoms with Gasteiger partial charge < -0.3 is 15.0 Å². The van der Waals surface area contributed by atoms with Gasteiger partial charge in [0.15, 0.2) is 11.6 Å². The number of ether oxygens (including phenoxy) is 1. The highest BCUT2D eigenvalue weighted by molar-refractivity contribution is 5.72. The van der Waals surface area contributed by atoms with E-state index in [9.17, 15) is 4.39 Å². The minimum atomic E-state index is -0.465. The van der Waals surface area contributed by atoms with Crippen LogP contribution in [0.5, 0.6) is 5.75 Å². The number of halogens is 1. The summed E-state index contributed by atoms with van der Waals surface area (Å²) in [5, 5.41) is 0. The van der Waals surface area contributed by atoms with E-state index >= 15 is 0 Å². The van der Waals surface area contributed by atoms with Crippen LogP contribution in [0.15, 0.2) is 48.8 Å². The minimum Gasteiger partial charge on any atom is -0.482 e. The Labute approximate surface area is 197 Å². The summed E-state index contributed by atoms with van der Waals surface area (Å²) in [7, 11) is 0. The number of aromatic nitrogens is 4. The molecule has 1 unspecified atom stereocenters. The Morgan fingerprint density at radius 1 is 1.15 bits per heavy atom. The second-order valence-electron chi connectivity index (χ2n) is 9.38. The van der Waals surface area contributed by atoms with Gasteiger partial charge in [0.1, 0.15) is 17.7 Å². The zero-order valence-electron chi connectivity index (χ0n) is 19.4. The van der Waals surface area contributed by atoms with Gasteiger partial charge in [0, 0.05) is 41.1 Å². The smallest absolute Gasteiger partial charge is 0.166 e. The molecular weight excluding hydrogens is 429 g/mol. The van der Waals surface area contributed by atoms with Crippen molar-refractivity contribution >= 4 is 5.82 Å². The van der Waals surface area contributed by atoms with Crippen LogP contribution >= 0.6 is 0 Å². The molecule has 3 aromatic heterocycles. The molecule has 2 aliphatic heterocycles. The quantitative estimate of drug-likeness (QED) is 0.390. The number of rotatable bonds is 1. The van der Waals surface area contributed by atoms with Crippen molar-refractivity contribution in [3.63, 3.8) is 0 Å². The summed E-state index contributed by atoms with van der Waals surface area (Å²) in [6.07, 6.45) is 4.91. The Balaban J connectivity index is 1.71. The number of nitrogens with zero attached hydrogens (tertiary/aromatic N) is 4. The molecular formula is C27H26FN5O. The van der Waals surface area contributed by atoms with Gasteiger partial charge in [-0.3, -0.25) is 4.98 Å². The van der Waals surface area contributed by atoms with Gasteiger partial charge in [-0.2, -0.15) is 0 Å². The predicted molar refractivity (Wildman–Crippen MR) is 129 cm³/mol. The number of hydrogen-bond donors (Lipinski definition) is 1. The third kappa shape index (κ3) is 3.10. The molecule has 4 aromatic rings. The van der Waals surface area contributed by atoms with Crippen LogP contribution in [-0.4, -0.2) is 19.5 Å². The first-order valence-corrected chi connectivity index (χ1v) is 11.7. The normalized spacial score (nSPS) is 18.4. The number of aryl methyl sites for hydroxylation is 1. The van der Waals surface area contributed by atoms with E-state index in [4.69, 9.17) is 20.4 Å². The Bertz CT molecular complexity index is 1430. The molecule has 0 amide bonds. The van der Waals surface area contributed by atoms with E-state index in [-0.39, 0.29) is 17.8 Å². The lowest BCUT2D eigenvalue weighted by Crippen LogP contribution is -2.14. The van der Waals surface area contributed by atoms with Crippen molar-refractivity contribution in [3.05, 3.63) is 77.3 Å². The fourth-order valence-electron chi connectivity index (χ4n) is 5.32. The van der Waals surface area contributed by atoms with Crippen LogP contribution in [0.1, 0.15) is 67.9 Å². The highest BCUT2D eigenvalue weighted by Crippen LogP contribution is 2.45. The molecule has 2 atom stereocenters. The van der Waals surface area contributed by atoms with Gasteiger partial charge in [0.2, 0.25) is 0 Å². The van der Waals surface area contributed by atoms with Crippen molar-refractivity contribution in [2.45, 2.75) is 51.7 Å². The number of fused-ring (bicyclic) bond motifs is 7. The fraction of sp³-hybridized carbons (Fsp3) is 0.296. The van der Waals surface area contributed by atoms with E-state index < -0.39 is 6.10 Å². The topological polar surface area (TPSA) is 78.9 Å². The SMILES string of the molecule is CC(C)c1nc2n3c1-c1cnc(N)c(c1)O[C@H](C)c1cc(F)ccc1-c1ncccc1C3CC2. The van der Waals surface area contributed by atoms with Crippen molar-refractivity contribution in [3.8, 4) is 28.3 Å². The monoisotopic (exact) mass is 455 g/mol. The van der Waals surface area contributed by atoms with Gasteiger partial charge in [-0.25, -0.2) is 14.4 Å². The lowest BCUT2D eigenvalue weighted by atomic mass is 9.92.